The van der Waals surface area contributed by atoms with Crippen LogP contribution in [0.2, 0.25) is 0 Å². The van der Waals surface area contributed by atoms with Gasteiger partial charge in [-0.05, 0) is 44.6 Å². The molecule has 3 heteroatoms. The first-order chi connectivity index (χ1) is 8.67. The quantitative estimate of drug-likeness (QED) is 0.765. The van der Waals surface area contributed by atoms with Crippen molar-refractivity contribution in [1.82, 2.24) is 10.2 Å². The third kappa shape index (κ3) is 5.15. The Balaban J connectivity index is 2.27. The molecule has 0 radical (unpaired) electrons. The molecule has 1 aromatic carbocycles. The van der Waals surface area contributed by atoms with Crippen molar-refractivity contribution in [3.8, 4) is 0 Å². The van der Waals surface area contributed by atoms with Gasteiger partial charge in [-0.25, -0.2) is 4.39 Å². The molecule has 0 bridgehead atoms. The first-order valence-corrected chi connectivity index (χ1v) is 6.86. The van der Waals surface area contributed by atoms with Crippen LogP contribution < -0.4 is 5.32 Å². The van der Waals surface area contributed by atoms with Crippen molar-refractivity contribution < 1.29 is 4.39 Å². The first kappa shape index (κ1) is 15.1. The van der Waals surface area contributed by atoms with Gasteiger partial charge in [0.25, 0.3) is 0 Å². The fourth-order valence-electron chi connectivity index (χ4n) is 2.09. The van der Waals surface area contributed by atoms with Gasteiger partial charge in [0.1, 0.15) is 5.82 Å². The Labute approximate surface area is 110 Å². The number of benzene rings is 1. The second-order valence-electron chi connectivity index (χ2n) is 4.68. The molecule has 1 aromatic rings. The van der Waals surface area contributed by atoms with Crippen LogP contribution in [-0.4, -0.2) is 37.1 Å². The number of hydrogen-bond donors (Lipinski definition) is 1. The third-order valence-electron chi connectivity index (χ3n) is 3.27. The maximum Gasteiger partial charge on any atom is 0.126 e. The zero-order valence-corrected chi connectivity index (χ0v) is 11.7. The van der Waals surface area contributed by atoms with E-state index in [-0.39, 0.29) is 5.82 Å². The van der Waals surface area contributed by atoms with E-state index in [1.54, 1.807) is 6.07 Å². The van der Waals surface area contributed by atoms with Gasteiger partial charge in [0.15, 0.2) is 0 Å². The van der Waals surface area contributed by atoms with Gasteiger partial charge in [-0.1, -0.05) is 32.0 Å². The van der Waals surface area contributed by atoms with E-state index in [1.165, 1.54) is 6.07 Å². The van der Waals surface area contributed by atoms with E-state index < -0.39 is 0 Å². The highest BCUT2D eigenvalue weighted by atomic mass is 19.1. The summed E-state index contributed by atoms with van der Waals surface area (Å²) >= 11 is 0. The minimum Gasteiger partial charge on any atom is -0.313 e. The van der Waals surface area contributed by atoms with Crippen LogP contribution >= 0.6 is 0 Å². The molecule has 0 aromatic heterocycles. The lowest BCUT2D eigenvalue weighted by Crippen LogP contribution is -2.39. The molecular weight excluding hydrogens is 227 g/mol. The molecule has 0 aliphatic heterocycles. The Hall–Kier alpha value is -0.930. The van der Waals surface area contributed by atoms with Crippen molar-refractivity contribution in [2.24, 2.45) is 0 Å². The highest BCUT2D eigenvalue weighted by Crippen LogP contribution is 2.06. The maximum atomic E-state index is 13.4. The smallest absolute Gasteiger partial charge is 0.126 e. The van der Waals surface area contributed by atoms with Crippen molar-refractivity contribution in [3.63, 3.8) is 0 Å². The second-order valence-corrected chi connectivity index (χ2v) is 4.68. The summed E-state index contributed by atoms with van der Waals surface area (Å²) < 4.78 is 13.4. The lowest BCUT2D eigenvalue weighted by molar-refractivity contribution is 0.272. The number of nitrogens with one attached hydrogen (secondary N) is 1. The normalized spacial score (nSPS) is 12.9. The summed E-state index contributed by atoms with van der Waals surface area (Å²) in [5.74, 6) is -0.101. The fraction of sp³-hybridized carbons (Fsp3) is 0.600. The standard InChI is InChI=1S/C15H25FN2/c1-4-18(5-2)12-13(3)17-11-10-14-8-6-7-9-15(14)16/h6-9,13,17H,4-5,10-12H2,1-3H3. The summed E-state index contributed by atoms with van der Waals surface area (Å²) in [5.41, 5.74) is 0.792. The minimum absolute atomic E-state index is 0.101. The van der Waals surface area contributed by atoms with Crippen molar-refractivity contribution in [1.29, 1.82) is 0 Å². The molecule has 0 aliphatic rings. The van der Waals surface area contributed by atoms with Gasteiger partial charge < -0.3 is 10.2 Å². The minimum atomic E-state index is -0.101. The number of likely N-dealkylation sites (N-methyl/N-ethyl adjacent to an activating group) is 1. The summed E-state index contributed by atoms with van der Waals surface area (Å²) in [7, 11) is 0. The maximum absolute atomic E-state index is 13.4. The predicted molar refractivity (Wildman–Crippen MR) is 75.4 cm³/mol. The highest BCUT2D eigenvalue weighted by molar-refractivity contribution is 5.17. The van der Waals surface area contributed by atoms with Crippen LogP contribution in [0.1, 0.15) is 26.3 Å². The summed E-state index contributed by atoms with van der Waals surface area (Å²) in [6, 6.07) is 7.44. The molecule has 1 unspecified atom stereocenters. The largest absolute Gasteiger partial charge is 0.313 e. The molecule has 1 rings (SSSR count). The van der Waals surface area contributed by atoms with E-state index in [0.29, 0.717) is 6.04 Å². The summed E-state index contributed by atoms with van der Waals surface area (Å²) in [6.07, 6.45) is 0.745. The Bertz CT molecular complexity index is 337. The van der Waals surface area contributed by atoms with Crippen LogP contribution in [0.4, 0.5) is 4.39 Å². The molecule has 0 fully saturated rings. The van der Waals surface area contributed by atoms with Crippen molar-refractivity contribution in [2.75, 3.05) is 26.2 Å². The summed E-state index contributed by atoms with van der Waals surface area (Å²) in [4.78, 5) is 2.39. The SMILES string of the molecule is CCN(CC)CC(C)NCCc1ccccc1F. The van der Waals surface area contributed by atoms with E-state index in [0.717, 1.165) is 38.2 Å². The zero-order chi connectivity index (χ0) is 13.4. The lowest BCUT2D eigenvalue weighted by atomic mass is 10.1. The average Bonchev–Trinajstić information content (AvgIpc) is 2.38. The molecule has 0 heterocycles. The lowest BCUT2D eigenvalue weighted by Gasteiger charge is -2.23. The van der Waals surface area contributed by atoms with E-state index in [9.17, 15) is 4.39 Å². The van der Waals surface area contributed by atoms with Crippen LogP contribution in [0.15, 0.2) is 24.3 Å². The van der Waals surface area contributed by atoms with Crippen molar-refractivity contribution >= 4 is 0 Å². The van der Waals surface area contributed by atoms with Crippen molar-refractivity contribution in [2.45, 2.75) is 33.2 Å². The van der Waals surface area contributed by atoms with Gasteiger partial charge in [-0.15, -0.1) is 0 Å². The van der Waals surface area contributed by atoms with Crippen molar-refractivity contribution in [3.05, 3.63) is 35.6 Å². The Morgan fingerprint density at radius 2 is 1.89 bits per heavy atom. The number of nitrogens with zero attached hydrogens (tertiary/aromatic N) is 1. The first-order valence-electron chi connectivity index (χ1n) is 6.86. The molecule has 2 nitrogen and oxygen atoms in total. The Morgan fingerprint density at radius 3 is 2.50 bits per heavy atom. The van der Waals surface area contributed by atoms with Crippen LogP contribution in [-0.2, 0) is 6.42 Å². The molecule has 102 valence electrons. The van der Waals surface area contributed by atoms with Crippen LogP contribution in [0, 0.1) is 5.82 Å². The second kappa shape index (κ2) is 8.22. The number of rotatable bonds is 8. The van der Waals surface area contributed by atoms with Gasteiger partial charge in [-0.3, -0.25) is 0 Å². The van der Waals surface area contributed by atoms with Gasteiger partial charge >= 0.3 is 0 Å². The van der Waals surface area contributed by atoms with E-state index >= 15 is 0 Å². The molecule has 18 heavy (non-hydrogen) atoms. The molecule has 0 spiro atoms. The highest BCUT2D eigenvalue weighted by Gasteiger charge is 2.06. The fourth-order valence-corrected chi connectivity index (χ4v) is 2.09. The molecule has 0 saturated carbocycles. The zero-order valence-electron chi connectivity index (χ0n) is 11.7. The molecular formula is C15H25FN2. The number of halogens is 1. The molecule has 0 saturated heterocycles. The van der Waals surface area contributed by atoms with E-state index in [2.05, 4.69) is 31.0 Å². The molecule has 0 aliphatic carbocycles. The predicted octanol–water partition coefficient (Wildman–Crippen LogP) is 2.69. The van der Waals surface area contributed by atoms with Crippen LogP contribution in [0.5, 0.6) is 0 Å². The van der Waals surface area contributed by atoms with Crippen LogP contribution in [0.25, 0.3) is 0 Å². The Morgan fingerprint density at radius 1 is 1.22 bits per heavy atom. The Kier molecular flexibility index (Phi) is 6.91. The third-order valence-corrected chi connectivity index (χ3v) is 3.27. The van der Waals surface area contributed by atoms with Gasteiger partial charge in [-0.2, -0.15) is 0 Å². The van der Waals surface area contributed by atoms with Gasteiger partial charge in [0, 0.05) is 12.6 Å². The summed E-state index contributed by atoms with van der Waals surface area (Å²) in [6.45, 7) is 10.6. The van der Waals surface area contributed by atoms with Crippen LogP contribution in [0.3, 0.4) is 0 Å². The van der Waals surface area contributed by atoms with E-state index in [1.807, 2.05) is 12.1 Å². The topological polar surface area (TPSA) is 15.3 Å². The van der Waals surface area contributed by atoms with Gasteiger partial charge in [0.05, 0.1) is 0 Å². The van der Waals surface area contributed by atoms with E-state index in [4.69, 9.17) is 0 Å². The number of hydrogen-bond acceptors (Lipinski definition) is 2. The average molecular weight is 252 g/mol. The molecule has 1 atom stereocenters. The molecule has 0 amide bonds. The molecule has 1 N–H and O–H groups in total. The monoisotopic (exact) mass is 252 g/mol. The summed E-state index contributed by atoms with van der Waals surface area (Å²) in [5, 5.41) is 3.45. The van der Waals surface area contributed by atoms with Gasteiger partial charge in [0.2, 0.25) is 0 Å².